The van der Waals surface area contributed by atoms with Crippen LogP contribution in [0.3, 0.4) is 0 Å². The zero-order valence-corrected chi connectivity index (χ0v) is 16.0. The summed E-state index contributed by atoms with van der Waals surface area (Å²) < 4.78 is 5.54. The first-order chi connectivity index (χ1) is 12.5. The smallest absolute Gasteiger partial charge is 0.119 e. The summed E-state index contributed by atoms with van der Waals surface area (Å²) in [6, 6.07) is 14.2. The van der Waals surface area contributed by atoms with Crippen molar-refractivity contribution in [2.75, 3.05) is 38.6 Å². The molecule has 0 spiro atoms. The first-order valence-electron chi connectivity index (χ1n) is 8.17. The first-order valence-corrected chi connectivity index (χ1v) is 8.92. The van der Waals surface area contributed by atoms with Gasteiger partial charge in [-0.1, -0.05) is 29.3 Å². The van der Waals surface area contributed by atoms with Gasteiger partial charge in [0.05, 0.1) is 27.4 Å². The van der Waals surface area contributed by atoms with Gasteiger partial charge in [-0.3, -0.25) is 0 Å². The van der Waals surface area contributed by atoms with Crippen molar-refractivity contribution in [2.45, 2.75) is 6.10 Å². The monoisotopic (exact) mass is 393 g/mol. The molecule has 2 rings (SSSR count). The van der Waals surface area contributed by atoms with Crippen LogP contribution < -0.4 is 10.1 Å². The molecule has 1 atom stereocenters. The van der Waals surface area contributed by atoms with Crippen molar-refractivity contribution in [1.29, 1.82) is 5.26 Å². The lowest BCUT2D eigenvalue weighted by molar-refractivity contribution is 0.0775. The molecule has 2 aromatic rings. The van der Waals surface area contributed by atoms with E-state index in [1.165, 1.54) is 0 Å². The molecule has 0 saturated heterocycles. The molecule has 0 radical (unpaired) electrons. The topological polar surface area (TPSA) is 68.5 Å². The van der Waals surface area contributed by atoms with Gasteiger partial charge in [-0.2, -0.15) is 5.26 Å². The van der Waals surface area contributed by atoms with E-state index in [1.807, 2.05) is 18.0 Å². The van der Waals surface area contributed by atoms with Crippen LogP contribution in [0.4, 0.5) is 5.69 Å². The standard InChI is InChI=1S/C19H21Cl2N3O2/c1-24(10-9-23-19-17(20)3-2-4-18(19)21)12-15(25)13-26-16-7-5-14(11-22)6-8-16/h2-8,15,23,25H,9-10,12-13H2,1H3. The van der Waals surface area contributed by atoms with E-state index < -0.39 is 6.10 Å². The molecule has 138 valence electrons. The van der Waals surface area contributed by atoms with Gasteiger partial charge < -0.3 is 20.1 Å². The van der Waals surface area contributed by atoms with Gasteiger partial charge in [-0.25, -0.2) is 0 Å². The molecular formula is C19H21Cl2N3O2. The van der Waals surface area contributed by atoms with Crippen LogP contribution in [0, 0.1) is 11.3 Å². The quantitative estimate of drug-likeness (QED) is 0.680. The summed E-state index contributed by atoms with van der Waals surface area (Å²) in [6.45, 7) is 1.99. The Morgan fingerprint density at radius 2 is 1.85 bits per heavy atom. The van der Waals surface area contributed by atoms with E-state index in [9.17, 15) is 5.11 Å². The predicted octanol–water partition coefficient (Wildman–Crippen LogP) is 3.65. The van der Waals surface area contributed by atoms with Crippen LogP contribution in [-0.4, -0.2) is 49.4 Å². The number of aliphatic hydroxyl groups is 1. The minimum Gasteiger partial charge on any atom is -0.491 e. The third-order valence-electron chi connectivity index (χ3n) is 3.71. The molecule has 0 aromatic heterocycles. The van der Waals surface area contributed by atoms with E-state index in [2.05, 4.69) is 5.32 Å². The number of rotatable bonds is 9. The van der Waals surface area contributed by atoms with Crippen LogP contribution in [0.25, 0.3) is 0 Å². The summed E-state index contributed by atoms with van der Waals surface area (Å²) in [7, 11) is 1.92. The normalized spacial score (nSPS) is 11.8. The summed E-state index contributed by atoms with van der Waals surface area (Å²) in [4.78, 5) is 1.99. The molecule has 1 unspecified atom stereocenters. The molecule has 5 nitrogen and oxygen atoms in total. The number of aliphatic hydroxyl groups excluding tert-OH is 1. The van der Waals surface area contributed by atoms with E-state index >= 15 is 0 Å². The van der Waals surface area contributed by atoms with Gasteiger partial charge in [0, 0.05) is 19.6 Å². The Morgan fingerprint density at radius 3 is 2.46 bits per heavy atom. The average molecular weight is 394 g/mol. The molecule has 0 fully saturated rings. The second kappa shape index (κ2) is 10.2. The fraction of sp³-hybridized carbons (Fsp3) is 0.316. The Morgan fingerprint density at radius 1 is 1.19 bits per heavy atom. The fourth-order valence-corrected chi connectivity index (χ4v) is 2.89. The van der Waals surface area contributed by atoms with Crippen molar-refractivity contribution in [3.63, 3.8) is 0 Å². The number of ether oxygens (including phenoxy) is 1. The van der Waals surface area contributed by atoms with Crippen LogP contribution in [0.1, 0.15) is 5.56 Å². The Kier molecular flexibility index (Phi) is 8.02. The van der Waals surface area contributed by atoms with Gasteiger partial charge >= 0.3 is 0 Å². The van der Waals surface area contributed by atoms with Gasteiger partial charge in [0.25, 0.3) is 0 Å². The lowest BCUT2D eigenvalue weighted by Gasteiger charge is -2.21. The molecule has 7 heteroatoms. The molecule has 26 heavy (non-hydrogen) atoms. The largest absolute Gasteiger partial charge is 0.491 e. The van der Waals surface area contributed by atoms with Crippen molar-refractivity contribution in [1.82, 2.24) is 4.90 Å². The number of nitrogens with one attached hydrogen (secondary N) is 1. The predicted molar refractivity (Wildman–Crippen MR) is 105 cm³/mol. The minimum absolute atomic E-state index is 0.181. The van der Waals surface area contributed by atoms with E-state index in [-0.39, 0.29) is 6.61 Å². The van der Waals surface area contributed by atoms with E-state index in [4.69, 9.17) is 33.2 Å². The Hall–Kier alpha value is -1.97. The summed E-state index contributed by atoms with van der Waals surface area (Å²) in [5, 5.41) is 23.2. The number of benzene rings is 2. The number of hydrogen-bond donors (Lipinski definition) is 2. The lowest BCUT2D eigenvalue weighted by atomic mass is 10.2. The van der Waals surface area contributed by atoms with Crippen LogP contribution in [0.15, 0.2) is 42.5 Å². The van der Waals surface area contributed by atoms with Crippen LogP contribution in [0.5, 0.6) is 5.75 Å². The Balaban J connectivity index is 1.69. The molecule has 0 aliphatic carbocycles. The summed E-state index contributed by atoms with van der Waals surface area (Å²) >= 11 is 12.2. The van der Waals surface area contributed by atoms with Crippen molar-refractivity contribution in [3.05, 3.63) is 58.1 Å². The summed E-state index contributed by atoms with van der Waals surface area (Å²) in [5.74, 6) is 0.626. The highest BCUT2D eigenvalue weighted by atomic mass is 35.5. The second-order valence-corrected chi connectivity index (χ2v) is 6.70. The second-order valence-electron chi connectivity index (χ2n) is 5.89. The van der Waals surface area contributed by atoms with Crippen molar-refractivity contribution in [3.8, 4) is 11.8 Å². The number of likely N-dealkylation sites (N-methyl/N-ethyl adjacent to an activating group) is 1. The van der Waals surface area contributed by atoms with Gasteiger partial charge in [0.15, 0.2) is 0 Å². The lowest BCUT2D eigenvalue weighted by Crippen LogP contribution is -2.35. The SMILES string of the molecule is CN(CCNc1c(Cl)cccc1Cl)CC(O)COc1ccc(C#N)cc1. The van der Waals surface area contributed by atoms with Crippen LogP contribution in [0.2, 0.25) is 10.0 Å². The number of para-hydroxylation sites is 1. The number of hydrogen-bond acceptors (Lipinski definition) is 5. The molecule has 0 heterocycles. The van der Waals surface area contributed by atoms with E-state index in [1.54, 1.807) is 42.5 Å². The molecule has 0 aliphatic heterocycles. The zero-order chi connectivity index (χ0) is 18.9. The molecule has 0 saturated carbocycles. The van der Waals surface area contributed by atoms with Gasteiger partial charge in [0.2, 0.25) is 0 Å². The maximum atomic E-state index is 10.1. The number of anilines is 1. The highest BCUT2D eigenvalue weighted by Gasteiger charge is 2.10. The number of halogens is 2. The van der Waals surface area contributed by atoms with Crippen LogP contribution >= 0.6 is 23.2 Å². The fourth-order valence-electron chi connectivity index (χ4n) is 2.36. The highest BCUT2D eigenvalue weighted by Crippen LogP contribution is 2.29. The van der Waals surface area contributed by atoms with E-state index in [0.29, 0.717) is 46.7 Å². The molecule has 2 aromatic carbocycles. The van der Waals surface area contributed by atoms with Gasteiger partial charge in [-0.15, -0.1) is 0 Å². The summed E-state index contributed by atoms with van der Waals surface area (Å²) in [5.41, 5.74) is 1.29. The Labute approximate surface area is 163 Å². The summed E-state index contributed by atoms with van der Waals surface area (Å²) in [6.07, 6.45) is -0.625. The average Bonchev–Trinajstić information content (AvgIpc) is 2.63. The van der Waals surface area contributed by atoms with Crippen LogP contribution in [-0.2, 0) is 0 Å². The molecule has 2 N–H and O–H groups in total. The highest BCUT2D eigenvalue weighted by molar-refractivity contribution is 6.39. The Bertz CT molecular complexity index is 727. The van der Waals surface area contributed by atoms with Gasteiger partial charge in [-0.05, 0) is 43.4 Å². The molecule has 0 amide bonds. The van der Waals surface area contributed by atoms with E-state index in [0.717, 1.165) is 0 Å². The number of nitriles is 1. The zero-order valence-electron chi connectivity index (χ0n) is 14.5. The van der Waals surface area contributed by atoms with Crippen molar-refractivity contribution in [2.24, 2.45) is 0 Å². The van der Waals surface area contributed by atoms with Gasteiger partial charge in [0.1, 0.15) is 18.5 Å². The van der Waals surface area contributed by atoms with Crippen molar-refractivity contribution < 1.29 is 9.84 Å². The maximum Gasteiger partial charge on any atom is 0.119 e. The third kappa shape index (κ3) is 6.40. The number of nitrogens with zero attached hydrogens (tertiary/aromatic N) is 2. The first kappa shape index (κ1) is 20.3. The maximum absolute atomic E-state index is 10.1. The third-order valence-corrected chi connectivity index (χ3v) is 4.34. The minimum atomic E-state index is -0.625. The molecule has 0 aliphatic rings. The molecular weight excluding hydrogens is 373 g/mol. The molecule has 0 bridgehead atoms. The van der Waals surface area contributed by atoms with Crippen molar-refractivity contribution >= 4 is 28.9 Å².